The molecule has 0 spiro atoms. The van der Waals surface area contributed by atoms with Crippen LogP contribution in [0, 0.1) is 0 Å². The molecule has 0 aromatic heterocycles. The Labute approximate surface area is 112 Å². The normalized spacial score (nSPS) is 12.3. The van der Waals surface area contributed by atoms with Gasteiger partial charge in [-0.3, -0.25) is 4.79 Å². The number of hydrogen-bond acceptors (Lipinski definition) is 2. The summed E-state index contributed by atoms with van der Waals surface area (Å²) in [6.07, 6.45) is 0. The molecule has 0 saturated heterocycles. The highest BCUT2D eigenvalue weighted by molar-refractivity contribution is 6.34. The summed E-state index contributed by atoms with van der Waals surface area (Å²) in [7, 11) is 3.51. The highest BCUT2D eigenvalue weighted by Gasteiger charge is 2.15. The van der Waals surface area contributed by atoms with Gasteiger partial charge in [-0.2, -0.15) is 0 Å². The first kappa shape index (κ1) is 14.3. The van der Waals surface area contributed by atoms with Gasteiger partial charge in [-0.25, -0.2) is 0 Å². The summed E-state index contributed by atoms with van der Waals surface area (Å²) >= 11 is 11.8. The number of amides is 1. The number of likely N-dealkylation sites (N-methyl/N-ethyl adjacent to an activating group) is 2. The molecular weight excluding hydrogens is 259 g/mol. The van der Waals surface area contributed by atoms with Crippen molar-refractivity contribution in [2.75, 3.05) is 14.1 Å². The molecule has 3 nitrogen and oxygen atoms in total. The number of benzene rings is 1. The Morgan fingerprint density at radius 1 is 1.35 bits per heavy atom. The highest BCUT2D eigenvalue weighted by atomic mass is 35.5. The highest BCUT2D eigenvalue weighted by Crippen LogP contribution is 2.20. The molecule has 0 aliphatic carbocycles. The molecule has 1 atom stereocenters. The van der Waals surface area contributed by atoms with Crippen LogP contribution in [-0.2, 0) is 11.3 Å². The zero-order chi connectivity index (χ0) is 13.0. The van der Waals surface area contributed by atoms with E-state index in [0.717, 1.165) is 5.56 Å². The fourth-order valence-electron chi connectivity index (χ4n) is 1.51. The number of halogens is 2. The third-order valence-corrected chi connectivity index (χ3v) is 2.96. The Balaban J connectivity index is 2.74. The van der Waals surface area contributed by atoms with Crippen LogP contribution in [-0.4, -0.2) is 30.9 Å². The summed E-state index contributed by atoms with van der Waals surface area (Å²) in [5.41, 5.74) is 0.918. The van der Waals surface area contributed by atoms with E-state index in [1.807, 2.05) is 6.92 Å². The van der Waals surface area contributed by atoms with Crippen LogP contribution in [0.2, 0.25) is 10.0 Å². The van der Waals surface area contributed by atoms with E-state index >= 15 is 0 Å². The van der Waals surface area contributed by atoms with E-state index in [0.29, 0.717) is 16.6 Å². The average molecular weight is 275 g/mol. The molecule has 0 heterocycles. The van der Waals surface area contributed by atoms with Crippen LogP contribution in [0.25, 0.3) is 0 Å². The average Bonchev–Trinajstić information content (AvgIpc) is 2.25. The minimum atomic E-state index is -0.199. The van der Waals surface area contributed by atoms with Crippen molar-refractivity contribution in [3.63, 3.8) is 0 Å². The number of rotatable bonds is 4. The van der Waals surface area contributed by atoms with Gasteiger partial charge in [0.15, 0.2) is 0 Å². The van der Waals surface area contributed by atoms with Gasteiger partial charge >= 0.3 is 0 Å². The van der Waals surface area contributed by atoms with Crippen molar-refractivity contribution < 1.29 is 4.79 Å². The van der Waals surface area contributed by atoms with Gasteiger partial charge < -0.3 is 10.2 Å². The van der Waals surface area contributed by atoms with Gasteiger partial charge in [0, 0.05) is 23.6 Å². The molecule has 5 heteroatoms. The minimum Gasteiger partial charge on any atom is -0.340 e. The topological polar surface area (TPSA) is 32.3 Å². The number of hydrogen-bond donors (Lipinski definition) is 1. The second kappa shape index (κ2) is 6.24. The van der Waals surface area contributed by atoms with Crippen molar-refractivity contribution in [1.82, 2.24) is 10.2 Å². The van der Waals surface area contributed by atoms with Crippen molar-refractivity contribution in [1.29, 1.82) is 0 Å². The van der Waals surface area contributed by atoms with E-state index in [2.05, 4.69) is 5.32 Å². The van der Waals surface area contributed by atoms with E-state index in [1.165, 1.54) is 0 Å². The lowest BCUT2D eigenvalue weighted by Gasteiger charge is -2.21. The molecule has 94 valence electrons. The van der Waals surface area contributed by atoms with Gasteiger partial charge in [-0.15, -0.1) is 0 Å². The Kier molecular flexibility index (Phi) is 5.25. The van der Waals surface area contributed by atoms with Crippen LogP contribution in [0.5, 0.6) is 0 Å². The first-order valence-corrected chi connectivity index (χ1v) is 6.07. The maximum atomic E-state index is 11.8. The summed E-state index contributed by atoms with van der Waals surface area (Å²) in [6.45, 7) is 2.31. The Morgan fingerprint density at radius 3 is 2.35 bits per heavy atom. The van der Waals surface area contributed by atoms with Gasteiger partial charge in [0.05, 0.1) is 6.04 Å². The molecular formula is C12H16Cl2N2O. The molecule has 17 heavy (non-hydrogen) atoms. The van der Waals surface area contributed by atoms with Crippen molar-refractivity contribution in [2.24, 2.45) is 0 Å². The van der Waals surface area contributed by atoms with Crippen LogP contribution in [0.4, 0.5) is 0 Å². The second-order valence-corrected chi connectivity index (χ2v) is 4.86. The van der Waals surface area contributed by atoms with E-state index < -0.39 is 0 Å². The molecule has 1 unspecified atom stereocenters. The monoisotopic (exact) mass is 274 g/mol. The number of carbonyl (C=O) groups is 1. The quantitative estimate of drug-likeness (QED) is 0.916. The molecule has 1 N–H and O–H groups in total. The molecule has 1 rings (SSSR count). The van der Waals surface area contributed by atoms with Crippen LogP contribution < -0.4 is 5.32 Å². The molecule has 0 aliphatic rings. The number of carbonyl (C=O) groups excluding carboxylic acids is 1. The van der Waals surface area contributed by atoms with Crippen LogP contribution >= 0.6 is 23.2 Å². The van der Waals surface area contributed by atoms with E-state index in [9.17, 15) is 4.79 Å². The fraction of sp³-hybridized carbons (Fsp3) is 0.417. The molecule has 0 radical (unpaired) electrons. The zero-order valence-electron chi connectivity index (χ0n) is 10.1. The third kappa shape index (κ3) is 4.19. The minimum absolute atomic E-state index is 0.0311. The Morgan fingerprint density at radius 2 is 1.88 bits per heavy atom. The first-order chi connectivity index (χ1) is 7.93. The van der Waals surface area contributed by atoms with Crippen molar-refractivity contribution >= 4 is 29.1 Å². The van der Waals surface area contributed by atoms with Gasteiger partial charge in [0.25, 0.3) is 0 Å². The summed E-state index contributed by atoms with van der Waals surface area (Å²) in [5, 5.41) is 4.07. The molecule has 0 aliphatic heterocycles. The van der Waals surface area contributed by atoms with Gasteiger partial charge in [0.1, 0.15) is 0 Å². The lowest BCUT2D eigenvalue weighted by molar-refractivity contribution is -0.132. The number of nitrogens with one attached hydrogen (secondary N) is 1. The lowest BCUT2D eigenvalue weighted by atomic mass is 10.2. The molecule has 0 fully saturated rings. The van der Waals surface area contributed by atoms with Gasteiger partial charge in [0.2, 0.25) is 5.91 Å². The summed E-state index contributed by atoms with van der Waals surface area (Å²) in [6, 6.07) is 5.09. The largest absolute Gasteiger partial charge is 0.340 e. The Bertz CT molecular complexity index is 389. The molecule has 0 saturated carbocycles. The van der Waals surface area contributed by atoms with Gasteiger partial charge in [-0.1, -0.05) is 23.2 Å². The van der Waals surface area contributed by atoms with E-state index in [-0.39, 0.29) is 11.9 Å². The first-order valence-electron chi connectivity index (χ1n) is 5.31. The molecule has 1 aromatic carbocycles. The lowest BCUT2D eigenvalue weighted by Crippen LogP contribution is -2.41. The zero-order valence-corrected chi connectivity index (χ0v) is 11.6. The van der Waals surface area contributed by atoms with Crippen molar-refractivity contribution in [3.05, 3.63) is 33.8 Å². The standard InChI is InChI=1S/C12H16Cl2N2O/c1-8(15-2)12(17)16(3)7-9-4-10(13)6-11(14)5-9/h4-6,8,15H,7H2,1-3H3. The molecule has 1 amide bonds. The summed E-state index contributed by atoms with van der Waals surface area (Å²) in [5.74, 6) is 0.0311. The SMILES string of the molecule is CNC(C)C(=O)N(C)Cc1cc(Cl)cc(Cl)c1. The Hall–Kier alpha value is -0.770. The van der Waals surface area contributed by atoms with Crippen molar-refractivity contribution in [3.8, 4) is 0 Å². The summed E-state index contributed by atoms with van der Waals surface area (Å²) < 4.78 is 0. The van der Waals surface area contributed by atoms with Crippen molar-refractivity contribution in [2.45, 2.75) is 19.5 Å². The second-order valence-electron chi connectivity index (χ2n) is 3.98. The van der Waals surface area contributed by atoms with Crippen LogP contribution in [0.1, 0.15) is 12.5 Å². The third-order valence-electron chi connectivity index (χ3n) is 2.52. The molecule has 1 aromatic rings. The maximum absolute atomic E-state index is 11.8. The number of nitrogens with zero attached hydrogens (tertiary/aromatic N) is 1. The van der Waals surface area contributed by atoms with Crippen LogP contribution in [0.15, 0.2) is 18.2 Å². The predicted octanol–water partition coefficient (Wildman–Crippen LogP) is 2.56. The van der Waals surface area contributed by atoms with E-state index in [1.54, 1.807) is 37.2 Å². The summed E-state index contributed by atoms with van der Waals surface area (Å²) in [4.78, 5) is 13.5. The van der Waals surface area contributed by atoms with E-state index in [4.69, 9.17) is 23.2 Å². The predicted molar refractivity (Wildman–Crippen MR) is 71.5 cm³/mol. The fourth-order valence-corrected chi connectivity index (χ4v) is 2.08. The van der Waals surface area contributed by atoms with Gasteiger partial charge in [-0.05, 0) is 37.7 Å². The van der Waals surface area contributed by atoms with Crippen LogP contribution in [0.3, 0.4) is 0 Å². The smallest absolute Gasteiger partial charge is 0.239 e. The molecule has 0 bridgehead atoms. The maximum Gasteiger partial charge on any atom is 0.239 e.